The SMILES string of the molecule is CCc1nc(CN2CC3C(C2)C3CN(Cc2cccc(OC(F)(F)F)c2)C(=O)Oc2cn(C)cn2)c(C)[nH]1. The van der Waals surface area contributed by atoms with E-state index in [-0.39, 0.29) is 18.2 Å². The Labute approximate surface area is 218 Å². The van der Waals surface area contributed by atoms with Gasteiger partial charge in [-0.05, 0) is 42.4 Å². The summed E-state index contributed by atoms with van der Waals surface area (Å²) >= 11 is 0. The van der Waals surface area contributed by atoms with Gasteiger partial charge in [0.25, 0.3) is 0 Å². The Hall–Kier alpha value is -3.54. The molecule has 9 nitrogen and oxygen atoms in total. The fraction of sp³-hybridized carbons (Fsp3) is 0.500. The number of hydrogen-bond acceptors (Lipinski definition) is 6. The Balaban J connectivity index is 1.24. The minimum atomic E-state index is -4.79. The van der Waals surface area contributed by atoms with Gasteiger partial charge in [-0.25, -0.2) is 14.8 Å². The van der Waals surface area contributed by atoms with Crippen molar-refractivity contribution < 1.29 is 27.4 Å². The van der Waals surface area contributed by atoms with Crippen molar-refractivity contribution in [1.82, 2.24) is 29.3 Å². The second-order valence-corrected chi connectivity index (χ2v) is 10.1. The van der Waals surface area contributed by atoms with E-state index in [0.29, 0.717) is 29.9 Å². The van der Waals surface area contributed by atoms with E-state index in [9.17, 15) is 18.0 Å². The van der Waals surface area contributed by atoms with Crippen LogP contribution in [-0.2, 0) is 26.6 Å². The second kappa shape index (κ2) is 10.3. The summed E-state index contributed by atoms with van der Waals surface area (Å²) in [6, 6.07) is 5.67. The van der Waals surface area contributed by atoms with Gasteiger partial charge in [0.2, 0.25) is 5.88 Å². The number of rotatable bonds is 9. The molecule has 12 heteroatoms. The van der Waals surface area contributed by atoms with Crippen LogP contribution in [0.3, 0.4) is 0 Å². The summed E-state index contributed by atoms with van der Waals surface area (Å²) in [6.07, 6.45) is -1.41. The van der Waals surface area contributed by atoms with Crippen LogP contribution in [-0.4, -0.2) is 61.4 Å². The Kier molecular flexibility index (Phi) is 7.08. The number of alkyl halides is 3. The number of H-pyrrole nitrogens is 1. The van der Waals surface area contributed by atoms with Gasteiger partial charge in [0, 0.05) is 51.9 Å². The third-order valence-corrected chi connectivity index (χ3v) is 7.26. The lowest BCUT2D eigenvalue weighted by molar-refractivity contribution is -0.274. The largest absolute Gasteiger partial charge is 0.573 e. The predicted molar refractivity (Wildman–Crippen MR) is 131 cm³/mol. The summed E-state index contributed by atoms with van der Waals surface area (Å²) in [5.74, 6) is 2.02. The van der Waals surface area contributed by atoms with Gasteiger partial charge < -0.3 is 23.9 Å². The van der Waals surface area contributed by atoms with Crippen LogP contribution < -0.4 is 9.47 Å². The first kappa shape index (κ1) is 26.1. The van der Waals surface area contributed by atoms with Gasteiger partial charge >= 0.3 is 12.5 Å². The summed E-state index contributed by atoms with van der Waals surface area (Å²) in [7, 11) is 1.76. The number of likely N-dealkylation sites (tertiary alicyclic amines) is 1. The first-order chi connectivity index (χ1) is 18.1. The van der Waals surface area contributed by atoms with Crippen LogP contribution in [0.5, 0.6) is 11.6 Å². The number of aromatic amines is 1. The van der Waals surface area contributed by atoms with E-state index >= 15 is 0 Å². The lowest BCUT2D eigenvalue weighted by Gasteiger charge is -2.24. The molecule has 204 valence electrons. The number of hydrogen-bond donors (Lipinski definition) is 1. The highest BCUT2D eigenvalue weighted by Crippen LogP contribution is 2.52. The van der Waals surface area contributed by atoms with Crippen molar-refractivity contribution in [1.29, 1.82) is 0 Å². The molecule has 38 heavy (non-hydrogen) atoms. The number of ether oxygens (including phenoxy) is 2. The maximum atomic E-state index is 13.1. The van der Waals surface area contributed by atoms with E-state index in [2.05, 4.69) is 31.5 Å². The lowest BCUT2D eigenvalue weighted by atomic mass is 10.2. The number of piperidine rings is 1. The first-order valence-electron chi connectivity index (χ1n) is 12.6. The smallest absolute Gasteiger partial charge is 0.406 e. The topological polar surface area (TPSA) is 88.5 Å². The number of aromatic nitrogens is 4. The monoisotopic (exact) mass is 532 g/mol. The summed E-state index contributed by atoms with van der Waals surface area (Å²) in [5, 5.41) is 0. The van der Waals surface area contributed by atoms with Crippen molar-refractivity contribution in [3.63, 3.8) is 0 Å². The lowest BCUT2D eigenvalue weighted by Crippen LogP contribution is -2.37. The molecule has 1 amide bonds. The van der Waals surface area contributed by atoms with Crippen LogP contribution >= 0.6 is 0 Å². The molecular formula is C26H31F3N6O3. The minimum absolute atomic E-state index is 0.0899. The molecule has 1 saturated carbocycles. The Morgan fingerprint density at radius 2 is 2.03 bits per heavy atom. The van der Waals surface area contributed by atoms with E-state index < -0.39 is 12.5 Å². The van der Waals surface area contributed by atoms with E-state index in [0.717, 1.165) is 43.3 Å². The van der Waals surface area contributed by atoms with E-state index in [4.69, 9.17) is 4.74 Å². The van der Waals surface area contributed by atoms with Crippen LogP contribution in [0.4, 0.5) is 18.0 Å². The molecule has 0 radical (unpaired) electrons. The zero-order valence-corrected chi connectivity index (χ0v) is 21.5. The highest BCUT2D eigenvalue weighted by Gasteiger charge is 2.56. The standard InChI is InChI=1S/C26H31F3N6O3/c1-4-23-31-16(2)22(32-23)13-34-10-19-20(11-34)21(19)12-35(25(36)37-24-14-33(3)15-30-24)9-17-6-5-7-18(8-17)38-26(27,28)29/h5-8,14-15,19-21H,4,9-13H2,1-3H3,(H,31,32). The van der Waals surface area contributed by atoms with Gasteiger partial charge in [0.15, 0.2) is 0 Å². The van der Waals surface area contributed by atoms with Crippen LogP contribution in [0.1, 0.15) is 29.7 Å². The average Bonchev–Trinajstić information content (AvgIpc) is 3.22. The maximum Gasteiger partial charge on any atom is 0.573 e. The number of imidazole rings is 2. The summed E-state index contributed by atoms with van der Waals surface area (Å²) < 4.78 is 49.3. The van der Waals surface area contributed by atoms with Gasteiger partial charge in [-0.15, -0.1) is 13.2 Å². The molecule has 5 rings (SSSR count). The van der Waals surface area contributed by atoms with E-state index in [1.54, 1.807) is 28.8 Å². The highest BCUT2D eigenvalue weighted by atomic mass is 19.4. The molecule has 2 atom stereocenters. The Morgan fingerprint density at radius 3 is 2.66 bits per heavy atom. The third-order valence-electron chi connectivity index (χ3n) is 7.26. The molecule has 2 unspecified atom stereocenters. The van der Waals surface area contributed by atoms with Crippen molar-refractivity contribution >= 4 is 6.09 Å². The van der Waals surface area contributed by atoms with Crippen molar-refractivity contribution in [3.05, 3.63) is 59.6 Å². The Bertz CT molecular complexity index is 1280. The van der Waals surface area contributed by atoms with Crippen molar-refractivity contribution in [2.24, 2.45) is 24.8 Å². The molecule has 0 spiro atoms. The van der Waals surface area contributed by atoms with Gasteiger partial charge in [0.1, 0.15) is 11.6 Å². The zero-order chi connectivity index (χ0) is 27.0. The zero-order valence-electron chi connectivity index (χ0n) is 21.5. The number of amides is 1. The number of benzene rings is 1. The fourth-order valence-corrected chi connectivity index (χ4v) is 5.35. The van der Waals surface area contributed by atoms with Crippen LogP contribution in [0.2, 0.25) is 0 Å². The Morgan fingerprint density at radius 1 is 1.26 bits per heavy atom. The first-order valence-corrected chi connectivity index (χ1v) is 12.6. The second-order valence-electron chi connectivity index (χ2n) is 10.1. The van der Waals surface area contributed by atoms with E-state index in [1.165, 1.54) is 24.5 Å². The average molecular weight is 533 g/mol. The molecular weight excluding hydrogens is 501 g/mol. The summed E-state index contributed by atoms with van der Waals surface area (Å²) in [6.45, 7) is 7.28. The van der Waals surface area contributed by atoms with Crippen LogP contribution in [0.15, 0.2) is 36.8 Å². The van der Waals surface area contributed by atoms with Gasteiger partial charge in [-0.3, -0.25) is 4.90 Å². The molecule has 2 aromatic heterocycles. The molecule has 2 aliphatic rings. The summed E-state index contributed by atoms with van der Waals surface area (Å²) in [4.78, 5) is 29.1. The number of halogens is 3. The maximum absolute atomic E-state index is 13.1. The number of fused-ring (bicyclic) bond motifs is 1. The molecule has 1 aliphatic heterocycles. The van der Waals surface area contributed by atoms with Crippen molar-refractivity contribution in [2.45, 2.75) is 39.7 Å². The van der Waals surface area contributed by atoms with Crippen molar-refractivity contribution in [2.75, 3.05) is 19.6 Å². The number of carbonyl (C=O) groups is 1. The molecule has 3 heterocycles. The predicted octanol–water partition coefficient (Wildman–Crippen LogP) is 4.29. The number of nitrogens with zero attached hydrogens (tertiary/aromatic N) is 5. The normalized spacial score (nSPS) is 20.8. The number of aryl methyl sites for hydroxylation is 3. The molecule has 1 aliphatic carbocycles. The molecule has 1 aromatic carbocycles. The molecule has 0 bridgehead atoms. The molecule has 2 fully saturated rings. The van der Waals surface area contributed by atoms with Crippen LogP contribution in [0.25, 0.3) is 0 Å². The third kappa shape index (κ3) is 6.12. The minimum Gasteiger partial charge on any atom is -0.406 e. The molecule has 1 N–H and O–H groups in total. The highest BCUT2D eigenvalue weighted by molar-refractivity contribution is 5.70. The summed E-state index contributed by atoms with van der Waals surface area (Å²) in [5.41, 5.74) is 2.68. The molecule has 1 saturated heterocycles. The fourth-order valence-electron chi connectivity index (χ4n) is 5.35. The molecule has 3 aromatic rings. The van der Waals surface area contributed by atoms with Gasteiger partial charge in [-0.1, -0.05) is 19.1 Å². The van der Waals surface area contributed by atoms with Crippen LogP contribution in [0, 0.1) is 24.7 Å². The van der Waals surface area contributed by atoms with Gasteiger partial charge in [0.05, 0.1) is 18.2 Å². The quantitative estimate of drug-likeness (QED) is 0.442. The van der Waals surface area contributed by atoms with Gasteiger partial charge in [-0.2, -0.15) is 0 Å². The number of nitrogens with one attached hydrogen (secondary N) is 1. The van der Waals surface area contributed by atoms with Crippen molar-refractivity contribution in [3.8, 4) is 11.6 Å². The number of carbonyl (C=O) groups excluding carboxylic acids is 1. The van der Waals surface area contributed by atoms with E-state index in [1.807, 2.05) is 6.92 Å².